The Morgan fingerprint density at radius 3 is 2.51 bits per heavy atom. The van der Waals surface area contributed by atoms with E-state index in [0.717, 1.165) is 28.0 Å². The highest BCUT2D eigenvalue weighted by Crippen LogP contribution is 2.38. The zero-order valence-electron chi connectivity index (χ0n) is 22.0. The van der Waals surface area contributed by atoms with Crippen molar-refractivity contribution in [3.05, 3.63) is 93.6 Å². The average Bonchev–Trinajstić information content (AvgIpc) is 3.16. The van der Waals surface area contributed by atoms with Crippen LogP contribution in [-0.4, -0.2) is 35.9 Å². The van der Waals surface area contributed by atoms with Gasteiger partial charge in [-0.3, -0.25) is 9.59 Å². The maximum Gasteiger partial charge on any atom is 0.329 e. The van der Waals surface area contributed by atoms with Crippen molar-refractivity contribution in [1.29, 1.82) is 0 Å². The fraction of sp³-hybridized carbons (Fsp3) is 0.233. The molecule has 39 heavy (non-hydrogen) atoms. The minimum absolute atomic E-state index is 0.0218. The number of carbonyl (C=O) groups excluding carboxylic acids is 3. The Hall–Kier alpha value is -4.30. The number of urea groups is 1. The number of halogens is 1. The molecule has 8 nitrogen and oxygen atoms in total. The second-order valence-corrected chi connectivity index (χ2v) is 9.38. The van der Waals surface area contributed by atoms with Crippen LogP contribution in [0.2, 0.25) is 5.02 Å². The number of aryl methyl sites for hydroxylation is 2. The van der Waals surface area contributed by atoms with Gasteiger partial charge in [-0.2, -0.15) is 0 Å². The van der Waals surface area contributed by atoms with Crippen LogP contribution in [0.3, 0.4) is 0 Å². The lowest BCUT2D eigenvalue weighted by atomic mass is 10.1. The molecule has 0 spiro atoms. The topological polar surface area (TPSA) is 97.0 Å². The summed E-state index contributed by atoms with van der Waals surface area (Å²) in [5.74, 6) is -0.301. The molecule has 0 saturated carbocycles. The van der Waals surface area contributed by atoms with E-state index < -0.39 is 24.4 Å². The molecule has 4 amide bonds. The Morgan fingerprint density at radius 1 is 1.05 bits per heavy atom. The van der Waals surface area contributed by atoms with Gasteiger partial charge in [0.05, 0.1) is 11.6 Å². The number of imide groups is 1. The third-order valence-corrected chi connectivity index (χ3v) is 6.36. The van der Waals surface area contributed by atoms with Gasteiger partial charge in [-0.1, -0.05) is 66.6 Å². The summed E-state index contributed by atoms with van der Waals surface area (Å²) < 4.78 is 11.7. The monoisotopic (exact) mass is 547 g/mol. The van der Waals surface area contributed by atoms with Gasteiger partial charge in [0.25, 0.3) is 5.91 Å². The third-order valence-electron chi connectivity index (χ3n) is 6.08. The van der Waals surface area contributed by atoms with Crippen molar-refractivity contribution in [2.24, 2.45) is 0 Å². The van der Waals surface area contributed by atoms with Gasteiger partial charge in [-0.15, -0.1) is 0 Å². The zero-order valence-corrected chi connectivity index (χ0v) is 22.8. The van der Waals surface area contributed by atoms with E-state index in [-0.39, 0.29) is 5.70 Å². The van der Waals surface area contributed by atoms with Gasteiger partial charge in [0.15, 0.2) is 11.5 Å². The molecular weight excluding hydrogens is 518 g/mol. The lowest BCUT2D eigenvalue weighted by Gasteiger charge is -2.15. The van der Waals surface area contributed by atoms with Crippen molar-refractivity contribution in [3.8, 4) is 11.5 Å². The van der Waals surface area contributed by atoms with E-state index in [1.54, 1.807) is 18.2 Å². The Bertz CT molecular complexity index is 1420. The highest BCUT2D eigenvalue weighted by atomic mass is 35.5. The van der Waals surface area contributed by atoms with Crippen molar-refractivity contribution in [3.63, 3.8) is 0 Å². The molecule has 0 atom stereocenters. The zero-order chi connectivity index (χ0) is 27.9. The average molecular weight is 548 g/mol. The minimum atomic E-state index is -0.681. The van der Waals surface area contributed by atoms with Crippen LogP contribution in [0.4, 0.5) is 10.5 Å². The predicted octanol–water partition coefficient (Wildman–Crippen LogP) is 5.72. The van der Waals surface area contributed by atoms with Gasteiger partial charge in [0, 0.05) is 5.69 Å². The quantitative estimate of drug-likeness (QED) is 0.250. The number of amides is 4. The van der Waals surface area contributed by atoms with Gasteiger partial charge in [0.1, 0.15) is 18.8 Å². The molecular formula is C30H30ClN3O5. The molecule has 202 valence electrons. The second kappa shape index (κ2) is 12.5. The summed E-state index contributed by atoms with van der Waals surface area (Å²) in [5.41, 5.74) is 4.28. The van der Waals surface area contributed by atoms with E-state index in [9.17, 15) is 14.4 Å². The number of nitrogens with zero attached hydrogens (tertiary/aromatic N) is 1. The molecule has 0 unspecified atom stereocenters. The number of para-hydroxylation sites is 1. The first-order valence-corrected chi connectivity index (χ1v) is 13.0. The molecule has 0 aliphatic carbocycles. The summed E-state index contributed by atoms with van der Waals surface area (Å²) in [6, 6.07) is 18.0. The van der Waals surface area contributed by atoms with Gasteiger partial charge < -0.3 is 20.1 Å². The van der Waals surface area contributed by atoms with Gasteiger partial charge >= 0.3 is 6.03 Å². The molecule has 0 bridgehead atoms. The summed E-state index contributed by atoms with van der Waals surface area (Å²) in [5, 5.41) is 5.60. The molecule has 0 aromatic heterocycles. The molecule has 4 rings (SSSR count). The smallest absolute Gasteiger partial charge is 0.329 e. The van der Waals surface area contributed by atoms with Crippen LogP contribution in [0.1, 0.15) is 36.1 Å². The molecule has 3 aromatic rings. The van der Waals surface area contributed by atoms with Gasteiger partial charge in [0.2, 0.25) is 5.91 Å². The maximum absolute atomic E-state index is 13.0. The van der Waals surface area contributed by atoms with E-state index in [0.29, 0.717) is 41.0 Å². The summed E-state index contributed by atoms with van der Waals surface area (Å²) in [7, 11) is 0. The molecule has 1 saturated heterocycles. The lowest BCUT2D eigenvalue weighted by molar-refractivity contribution is -0.127. The van der Waals surface area contributed by atoms with Crippen molar-refractivity contribution >= 4 is 41.2 Å². The minimum Gasteiger partial charge on any atom is -0.490 e. The van der Waals surface area contributed by atoms with Crippen LogP contribution in [0.25, 0.3) is 6.08 Å². The number of carbonyl (C=O) groups is 3. The SMILES string of the molecule is CCOc1cc(/C=C2/NC(=O)N(CC(=O)Nc3ccccc3CC)C2=O)cc(Cl)c1OCc1ccc(C)cc1. The van der Waals surface area contributed by atoms with Crippen LogP contribution in [0.5, 0.6) is 11.5 Å². The fourth-order valence-electron chi connectivity index (χ4n) is 4.08. The molecule has 1 aliphatic rings. The van der Waals surface area contributed by atoms with E-state index in [2.05, 4.69) is 10.6 Å². The third kappa shape index (κ3) is 6.78. The summed E-state index contributed by atoms with van der Waals surface area (Å²) in [6.45, 7) is 6.08. The Morgan fingerprint density at radius 2 is 1.79 bits per heavy atom. The van der Waals surface area contributed by atoms with Crippen LogP contribution in [-0.2, 0) is 22.6 Å². The van der Waals surface area contributed by atoms with Gasteiger partial charge in [-0.25, -0.2) is 9.69 Å². The first kappa shape index (κ1) is 27.7. The van der Waals surface area contributed by atoms with E-state index >= 15 is 0 Å². The summed E-state index contributed by atoms with van der Waals surface area (Å²) in [4.78, 5) is 39.0. The van der Waals surface area contributed by atoms with Gasteiger partial charge in [-0.05, 0) is 61.2 Å². The predicted molar refractivity (Wildman–Crippen MR) is 151 cm³/mol. The molecule has 1 heterocycles. The van der Waals surface area contributed by atoms with Crippen LogP contribution in [0, 0.1) is 6.92 Å². The molecule has 0 radical (unpaired) electrons. The summed E-state index contributed by atoms with van der Waals surface area (Å²) in [6.07, 6.45) is 2.22. The molecule has 3 aromatic carbocycles. The number of rotatable bonds is 10. The lowest BCUT2D eigenvalue weighted by Crippen LogP contribution is -2.38. The van der Waals surface area contributed by atoms with Crippen LogP contribution in [0.15, 0.2) is 66.4 Å². The van der Waals surface area contributed by atoms with Crippen LogP contribution >= 0.6 is 11.6 Å². The van der Waals surface area contributed by atoms with Crippen molar-refractivity contribution in [2.75, 3.05) is 18.5 Å². The number of ether oxygens (including phenoxy) is 2. The largest absolute Gasteiger partial charge is 0.490 e. The number of anilines is 1. The molecule has 2 N–H and O–H groups in total. The molecule has 1 fully saturated rings. The van der Waals surface area contributed by atoms with Crippen molar-refractivity contribution in [1.82, 2.24) is 10.2 Å². The number of nitrogens with one attached hydrogen (secondary N) is 2. The van der Waals surface area contributed by atoms with Crippen LogP contribution < -0.4 is 20.1 Å². The molecule has 1 aliphatic heterocycles. The number of hydrogen-bond donors (Lipinski definition) is 2. The number of benzene rings is 3. The van der Waals surface area contributed by atoms with Crippen molar-refractivity contribution in [2.45, 2.75) is 33.8 Å². The first-order valence-electron chi connectivity index (χ1n) is 12.7. The van der Waals surface area contributed by atoms with E-state index in [4.69, 9.17) is 21.1 Å². The normalized spacial score (nSPS) is 13.9. The Kier molecular flexibility index (Phi) is 8.88. The van der Waals surface area contributed by atoms with E-state index in [1.165, 1.54) is 6.08 Å². The van der Waals surface area contributed by atoms with Crippen molar-refractivity contribution < 1.29 is 23.9 Å². The maximum atomic E-state index is 13.0. The Labute approximate surface area is 232 Å². The second-order valence-electron chi connectivity index (χ2n) is 8.98. The first-order chi connectivity index (χ1) is 18.8. The highest BCUT2D eigenvalue weighted by molar-refractivity contribution is 6.32. The van der Waals surface area contributed by atoms with E-state index in [1.807, 2.05) is 63.2 Å². The standard InChI is InChI=1S/C30H30ClN3O5/c1-4-22-8-6-7-9-24(22)32-27(35)17-34-29(36)25(33-30(34)37)15-21-14-23(31)28(26(16-21)38-5-2)39-18-20-12-10-19(3)11-13-20/h6-16H,4-5,17-18H2,1-3H3,(H,32,35)(H,33,37)/b25-15+. The Balaban J connectivity index is 1.49. The highest BCUT2D eigenvalue weighted by Gasteiger charge is 2.35. The fourth-order valence-corrected chi connectivity index (χ4v) is 4.35. The number of hydrogen-bond acceptors (Lipinski definition) is 5. The molecule has 9 heteroatoms. The summed E-state index contributed by atoms with van der Waals surface area (Å²) >= 11 is 6.54.